The molecule has 0 fully saturated rings. The zero-order valence-corrected chi connectivity index (χ0v) is 13.6. The third-order valence-electron chi connectivity index (χ3n) is 3.69. The normalized spacial score (nSPS) is 11.1. The van der Waals surface area contributed by atoms with Gasteiger partial charge in [0.15, 0.2) is 5.65 Å². The maximum atomic E-state index is 4.60. The van der Waals surface area contributed by atoms with Crippen LogP contribution in [-0.4, -0.2) is 31.8 Å². The first kappa shape index (κ1) is 14.4. The van der Waals surface area contributed by atoms with Crippen LogP contribution in [0.2, 0.25) is 0 Å². The Morgan fingerprint density at radius 1 is 1.14 bits per heavy atom. The van der Waals surface area contributed by atoms with Crippen molar-refractivity contribution in [3.8, 4) is 0 Å². The molecule has 0 amide bonds. The molecule has 22 heavy (non-hydrogen) atoms. The average Bonchev–Trinajstić information content (AvgIpc) is 2.73. The highest BCUT2D eigenvalue weighted by molar-refractivity contribution is 5.89. The summed E-state index contributed by atoms with van der Waals surface area (Å²) in [5.41, 5.74) is 5.08. The van der Waals surface area contributed by atoms with Crippen molar-refractivity contribution in [2.24, 2.45) is 7.05 Å². The van der Waals surface area contributed by atoms with Gasteiger partial charge >= 0.3 is 0 Å². The second kappa shape index (κ2) is 5.36. The molecule has 0 aliphatic heterocycles. The van der Waals surface area contributed by atoms with Crippen molar-refractivity contribution in [3.63, 3.8) is 0 Å². The highest BCUT2D eigenvalue weighted by atomic mass is 15.3. The predicted octanol–water partition coefficient (Wildman–Crippen LogP) is 2.32. The Labute approximate surface area is 129 Å². The zero-order chi connectivity index (χ0) is 15.9. The van der Waals surface area contributed by atoms with E-state index in [1.807, 2.05) is 27.9 Å². The molecule has 0 N–H and O–H groups in total. The first-order valence-corrected chi connectivity index (χ1v) is 7.25. The molecule has 3 aromatic heterocycles. The van der Waals surface area contributed by atoms with Gasteiger partial charge in [-0.3, -0.25) is 9.67 Å². The fraction of sp³-hybridized carbons (Fsp3) is 0.375. The van der Waals surface area contributed by atoms with Gasteiger partial charge in [-0.25, -0.2) is 9.97 Å². The van der Waals surface area contributed by atoms with E-state index in [1.165, 1.54) is 5.56 Å². The van der Waals surface area contributed by atoms with E-state index in [2.05, 4.69) is 44.0 Å². The van der Waals surface area contributed by atoms with Gasteiger partial charge < -0.3 is 4.90 Å². The van der Waals surface area contributed by atoms with Gasteiger partial charge in [0.1, 0.15) is 12.1 Å². The van der Waals surface area contributed by atoms with Gasteiger partial charge in [0.2, 0.25) is 0 Å². The summed E-state index contributed by atoms with van der Waals surface area (Å²) in [4.78, 5) is 15.5. The number of hydrogen-bond acceptors (Lipinski definition) is 5. The van der Waals surface area contributed by atoms with Gasteiger partial charge in [-0.15, -0.1) is 0 Å². The average molecular weight is 296 g/mol. The number of fused-ring (bicyclic) bond motifs is 1. The minimum Gasteiger partial charge on any atom is -0.353 e. The fourth-order valence-electron chi connectivity index (χ4n) is 2.87. The first-order valence-electron chi connectivity index (χ1n) is 7.25. The van der Waals surface area contributed by atoms with E-state index in [0.29, 0.717) is 6.54 Å². The molecule has 3 aromatic rings. The SMILES string of the molecule is Cc1cc(C)nc(CN(C)c2ncnc3c2c(C)nn3C)c1. The van der Waals surface area contributed by atoms with Gasteiger partial charge in [-0.05, 0) is 38.5 Å². The second-order valence-electron chi connectivity index (χ2n) is 5.74. The van der Waals surface area contributed by atoms with E-state index in [-0.39, 0.29) is 0 Å². The number of aryl methyl sites for hydroxylation is 4. The van der Waals surface area contributed by atoms with Crippen molar-refractivity contribution in [3.05, 3.63) is 41.1 Å². The van der Waals surface area contributed by atoms with Crippen LogP contribution in [0.3, 0.4) is 0 Å². The lowest BCUT2D eigenvalue weighted by molar-refractivity contribution is 0.773. The predicted molar refractivity (Wildman–Crippen MR) is 86.9 cm³/mol. The monoisotopic (exact) mass is 296 g/mol. The molecule has 6 heteroatoms. The van der Waals surface area contributed by atoms with E-state index >= 15 is 0 Å². The maximum Gasteiger partial charge on any atom is 0.163 e. The Hall–Kier alpha value is -2.50. The smallest absolute Gasteiger partial charge is 0.163 e. The Morgan fingerprint density at radius 3 is 2.64 bits per heavy atom. The summed E-state index contributed by atoms with van der Waals surface area (Å²) in [6.07, 6.45) is 1.59. The van der Waals surface area contributed by atoms with Gasteiger partial charge in [0.25, 0.3) is 0 Å². The molecule has 0 radical (unpaired) electrons. The molecule has 0 bridgehead atoms. The van der Waals surface area contributed by atoms with Crippen LogP contribution in [0.25, 0.3) is 11.0 Å². The van der Waals surface area contributed by atoms with Gasteiger partial charge in [-0.1, -0.05) is 0 Å². The molecule has 114 valence electrons. The number of pyridine rings is 1. The summed E-state index contributed by atoms with van der Waals surface area (Å²) in [5, 5.41) is 5.44. The summed E-state index contributed by atoms with van der Waals surface area (Å²) >= 11 is 0. The molecule has 0 atom stereocenters. The Morgan fingerprint density at radius 2 is 1.91 bits per heavy atom. The Kier molecular flexibility index (Phi) is 3.52. The number of aromatic nitrogens is 5. The first-order chi connectivity index (χ1) is 10.5. The van der Waals surface area contributed by atoms with Crippen LogP contribution in [0.5, 0.6) is 0 Å². The van der Waals surface area contributed by atoms with Crippen LogP contribution >= 0.6 is 0 Å². The quantitative estimate of drug-likeness (QED) is 0.742. The Bertz CT molecular complexity index is 816. The van der Waals surface area contributed by atoms with Crippen LogP contribution in [0, 0.1) is 20.8 Å². The minimum absolute atomic E-state index is 0.697. The summed E-state index contributed by atoms with van der Waals surface area (Å²) < 4.78 is 1.79. The molecule has 0 unspecified atom stereocenters. The molecule has 0 aliphatic carbocycles. The van der Waals surface area contributed by atoms with Crippen molar-refractivity contribution < 1.29 is 0 Å². The molecule has 3 heterocycles. The van der Waals surface area contributed by atoms with Crippen LogP contribution in [0.15, 0.2) is 18.5 Å². The molecular formula is C16H20N6. The van der Waals surface area contributed by atoms with Gasteiger partial charge in [0, 0.05) is 19.8 Å². The van der Waals surface area contributed by atoms with E-state index < -0.39 is 0 Å². The number of hydrogen-bond donors (Lipinski definition) is 0. The summed E-state index contributed by atoms with van der Waals surface area (Å²) in [7, 11) is 3.92. The lowest BCUT2D eigenvalue weighted by Crippen LogP contribution is -2.19. The van der Waals surface area contributed by atoms with Crippen LogP contribution in [0.4, 0.5) is 5.82 Å². The summed E-state index contributed by atoms with van der Waals surface area (Å²) in [6.45, 7) is 6.79. The number of anilines is 1. The molecular weight excluding hydrogens is 276 g/mol. The molecule has 6 nitrogen and oxygen atoms in total. The summed E-state index contributed by atoms with van der Waals surface area (Å²) in [5.74, 6) is 0.886. The van der Waals surface area contributed by atoms with Crippen molar-refractivity contribution in [1.29, 1.82) is 0 Å². The molecule has 0 saturated carbocycles. The van der Waals surface area contributed by atoms with Crippen LogP contribution < -0.4 is 4.90 Å². The fourth-order valence-corrected chi connectivity index (χ4v) is 2.87. The van der Waals surface area contributed by atoms with Gasteiger partial charge in [-0.2, -0.15) is 5.10 Å². The van der Waals surface area contributed by atoms with E-state index in [9.17, 15) is 0 Å². The zero-order valence-electron chi connectivity index (χ0n) is 13.6. The third kappa shape index (κ3) is 2.52. The lowest BCUT2D eigenvalue weighted by Gasteiger charge is -2.19. The lowest BCUT2D eigenvalue weighted by atomic mass is 10.2. The molecule has 3 rings (SSSR count). The highest BCUT2D eigenvalue weighted by Crippen LogP contribution is 2.25. The van der Waals surface area contributed by atoms with E-state index in [1.54, 1.807) is 11.0 Å². The molecule has 0 aromatic carbocycles. The third-order valence-corrected chi connectivity index (χ3v) is 3.69. The van der Waals surface area contributed by atoms with Crippen molar-refractivity contribution >= 4 is 16.9 Å². The van der Waals surface area contributed by atoms with E-state index in [0.717, 1.165) is 33.9 Å². The van der Waals surface area contributed by atoms with Gasteiger partial charge in [0.05, 0.1) is 23.3 Å². The Balaban J connectivity index is 2.00. The minimum atomic E-state index is 0.697. The standard InChI is InChI=1S/C16H20N6/c1-10-6-11(2)19-13(7-10)8-21(4)15-14-12(3)20-22(5)16(14)18-9-17-15/h6-7,9H,8H2,1-5H3. The maximum absolute atomic E-state index is 4.60. The van der Waals surface area contributed by atoms with Crippen molar-refractivity contribution in [2.75, 3.05) is 11.9 Å². The highest BCUT2D eigenvalue weighted by Gasteiger charge is 2.15. The molecule has 0 spiro atoms. The number of nitrogens with zero attached hydrogens (tertiary/aromatic N) is 6. The van der Waals surface area contributed by atoms with Crippen molar-refractivity contribution in [1.82, 2.24) is 24.7 Å². The second-order valence-corrected chi connectivity index (χ2v) is 5.74. The summed E-state index contributed by atoms with van der Waals surface area (Å²) in [6, 6.07) is 4.19. The number of rotatable bonds is 3. The van der Waals surface area contributed by atoms with Crippen molar-refractivity contribution in [2.45, 2.75) is 27.3 Å². The largest absolute Gasteiger partial charge is 0.353 e. The molecule has 0 saturated heterocycles. The van der Waals surface area contributed by atoms with Crippen LogP contribution in [-0.2, 0) is 13.6 Å². The van der Waals surface area contributed by atoms with Crippen LogP contribution in [0.1, 0.15) is 22.6 Å². The molecule has 0 aliphatic rings. The van der Waals surface area contributed by atoms with E-state index in [4.69, 9.17) is 0 Å². The topological polar surface area (TPSA) is 59.7 Å².